The summed E-state index contributed by atoms with van der Waals surface area (Å²) in [5.74, 6) is 0.330. The van der Waals surface area contributed by atoms with Crippen LogP contribution in [0.5, 0.6) is 0 Å². The van der Waals surface area contributed by atoms with Crippen LogP contribution in [0.2, 0.25) is 0 Å². The lowest BCUT2D eigenvalue weighted by Crippen LogP contribution is -2.48. The number of hydrogen-bond acceptors (Lipinski definition) is 3. The van der Waals surface area contributed by atoms with Crippen molar-refractivity contribution in [3.8, 4) is 0 Å². The summed E-state index contributed by atoms with van der Waals surface area (Å²) in [5, 5.41) is 0. The maximum atomic E-state index is 12.9. The SMILES string of the molecule is CCC(C(=O)N1C[C@@H](N)[C@H](c2ccccc2)C1)N1CCCC1=O. The van der Waals surface area contributed by atoms with E-state index < -0.39 is 0 Å². The Hall–Kier alpha value is -1.88. The minimum Gasteiger partial charge on any atom is -0.339 e. The van der Waals surface area contributed by atoms with Gasteiger partial charge in [-0.2, -0.15) is 0 Å². The fourth-order valence-electron chi connectivity index (χ4n) is 3.80. The smallest absolute Gasteiger partial charge is 0.245 e. The number of carbonyl (C=O) groups excluding carboxylic acids is 2. The molecule has 2 amide bonds. The van der Waals surface area contributed by atoms with Gasteiger partial charge < -0.3 is 15.5 Å². The zero-order chi connectivity index (χ0) is 16.4. The van der Waals surface area contributed by atoms with Gasteiger partial charge >= 0.3 is 0 Å². The Morgan fingerprint density at radius 1 is 1.30 bits per heavy atom. The van der Waals surface area contributed by atoms with Crippen LogP contribution in [0.15, 0.2) is 30.3 Å². The third-order valence-corrected chi connectivity index (χ3v) is 5.06. The zero-order valence-corrected chi connectivity index (χ0v) is 13.6. The normalized spacial score (nSPS) is 25.9. The van der Waals surface area contributed by atoms with Gasteiger partial charge in [-0.3, -0.25) is 9.59 Å². The average Bonchev–Trinajstić information content (AvgIpc) is 3.15. The maximum absolute atomic E-state index is 12.9. The fourth-order valence-corrected chi connectivity index (χ4v) is 3.80. The molecular weight excluding hydrogens is 290 g/mol. The van der Waals surface area contributed by atoms with Crippen molar-refractivity contribution in [2.45, 2.75) is 44.2 Å². The molecule has 2 aliphatic rings. The van der Waals surface area contributed by atoms with Crippen LogP contribution in [0.25, 0.3) is 0 Å². The first kappa shape index (κ1) is 16.0. The Labute approximate surface area is 137 Å². The van der Waals surface area contributed by atoms with Gasteiger partial charge in [0.1, 0.15) is 6.04 Å². The number of benzene rings is 1. The number of nitrogens with zero attached hydrogens (tertiary/aromatic N) is 2. The molecule has 2 saturated heterocycles. The highest BCUT2D eigenvalue weighted by Crippen LogP contribution is 2.28. The van der Waals surface area contributed by atoms with E-state index in [1.807, 2.05) is 30.0 Å². The van der Waals surface area contributed by atoms with Crippen molar-refractivity contribution in [3.05, 3.63) is 35.9 Å². The third-order valence-electron chi connectivity index (χ3n) is 5.06. The van der Waals surface area contributed by atoms with Gasteiger partial charge in [0.05, 0.1) is 0 Å². The molecule has 0 bridgehead atoms. The van der Waals surface area contributed by atoms with Gasteiger partial charge in [-0.15, -0.1) is 0 Å². The molecule has 23 heavy (non-hydrogen) atoms. The Bertz CT molecular complexity index is 575. The van der Waals surface area contributed by atoms with Gasteiger partial charge in [0, 0.05) is 38.0 Å². The lowest BCUT2D eigenvalue weighted by Gasteiger charge is -2.29. The second kappa shape index (κ2) is 6.71. The summed E-state index contributed by atoms with van der Waals surface area (Å²) in [5.41, 5.74) is 7.47. The molecule has 0 saturated carbocycles. The summed E-state index contributed by atoms with van der Waals surface area (Å²) in [4.78, 5) is 28.5. The molecule has 1 aromatic rings. The largest absolute Gasteiger partial charge is 0.339 e. The van der Waals surface area contributed by atoms with Crippen LogP contribution in [-0.4, -0.2) is 53.3 Å². The summed E-state index contributed by atoms with van der Waals surface area (Å²) >= 11 is 0. The molecule has 3 rings (SSSR count). The molecule has 1 aromatic carbocycles. The van der Waals surface area contributed by atoms with Gasteiger partial charge in [0.15, 0.2) is 0 Å². The average molecular weight is 315 g/mol. The van der Waals surface area contributed by atoms with Crippen molar-refractivity contribution < 1.29 is 9.59 Å². The molecule has 2 N–H and O–H groups in total. The predicted octanol–water partition coefficient (Wildman–Crippen LogP) is 1.34. The van der Waals surface area contributed by atoms with E-state index in [9.17, 15) is 9.59 Å². The molecule has 2 aliphatic heterocycles. The van der Waals surface area contributed by atoms with Gasteiger partial charge in [0.2, 0.25) is 11.8 Å². The van der Waals surface area contributed by atoms with E-state index >= 15 is 0 Å². The molecule has 0 aromatic heterocycles. The quantitative estimate of drug-likeness (QED) is 0.912. The van der Waals surface area contributed by atoms with Crippen LogP contribution >= 0.6 is 0 Å². The minimum atomic E-state index is -0.327. The predicted molar refractivity (Wildman–Crippen MR) is 88.8 cm³/mol. The molecular formula is C18H25N3O2. The molecule has 0 aliphatic carbocycles. The first-order chi connectivity index (χ1) is 11.1. The van der Waals surface area contributed by atoms with Crippen LogP contribution in [0.3, 0.4) is 0 Å². The first-order valence-electron chi connectivity index (χ1n) is 8.50. The lowest BCUT2D eigenvalue weighted by atomic mass is 9.95. The summed E-state index contributed by atoms with van der Waals surface area (Å²) in [6.07, 6.45) is 2.08. The first-order valence-corrected chi connectivity index (χ1v) is 8.50. The van der Waals surface area contributed by atoms with Crippen molar-refractivity contribution in [3.63, 3.8) is 0 Å². The Balaban J connectivity index is 1.72. The van der Waals surface area contributed by atoms with Crippen molar-refractivity contribution in [2.75, 3.05) is 19.6 Å². The molecule has 5 nitrogen and oxygen atoms in total. The van der Waals surface area contributed by atoms with E-state index in [1.165, 1.54) is 5.56 Å². The molecule has 1 unspecified atom stereocenters. The molecule has 124 valence electrons. The van der Waals surface area contributed by atoms with E-state index in [2.05, 4.69) is 12.1 Å². The number of likely N-dealkylation sites (tertiary alicyclic amines) is 2. The van der Waals surface area contributed by atoms with E-state index in [0.29, 0.717) is 32.5 Å². The summed E-state index contributed by atoms with van der Waals surface area (Å²) < 4.78 is 0. The summed E-state index contributed by atoms with van der Waals surface area (Å²) in [7, 11) is 0. The second-order valence-electron chi connectivity index (χ2n) is 6.54. The van der Waals surface area contributed by atoms with Crippen LogP contribution in [0.1, 0.15) is 37.7 Å². The van der Waals surface area contributed by atoms with Crippen molar-refractivity contribution in [2.24, 2.45) is 5.73 Å². The van der Waals surface area contributed by atoms with E-state index in [1.54, 1.807) is 4.90 Å². The standard InChI is InChI=1S/C18H25N3O2/c1-2-16(21-10-6-9-17(21)22)18(23)20-11-14(15(19)12-20)13-7-4-3-5-8-13/h3-5,7-8,14-16H,2,6,9-12,19H2,1H3/t14-,15+,16?/m0/s1. The highest BCUT2D eigenvalue weighted by molar-refractivity contribution is 5.88. The molecule has 2 fully saturated rings. The van der Waals surface area contributed by atoms with Gasteiger partial charge in [-0.25, -0.2) is 0 Å². The molecule has 3 atom stereocenters. The number of rotatable bonds is 4. The number of amides is 2. The molecule has 0 spiro atoms. The second-order valence-corrected chi connectivity index (χ2v) is 6.54. The molecule has 0 radical (unpaired) electrons. The number of hydrogen-bond donors (Lipinski definition) is 1. The van der Waals surface area contributed by atoms with Crippen molar-refractivity contribution in [1.82, 2.24) is 9.80 Å². The topological polar surface area (TPSA) is 66.6 Å². The Morgan fingerprint density at radius 2 is 2.04 bits per heavy atom. The van der Waals surface area contributed by atoms with E-state index in [4.69, 9.17) is 5.73 Å². The van der Waals surface area contributed by atoms with Crippen LogP contribution in [0.4, 0.5) is 0 Å². The number of nitrogens with two attached hydrogens (primary N) is 1. The van der Waals surface area contributed by atoms with Crippen molar-refractivity contribution >= 4 is 11.8 Å². The maximum Gasteiger partial charge on any atom is 0.245 e. The van der Waals surface area contributed by atoms with E-state index in [-0.39, 0.29) is 29.8 Å². The third kappa shape index (κ3) is 3.11. The van der Waals surface area contributed by atoms with Crippen molar-refractivity contribution in [1.29, 1.82) is 0 Å². The Kier molecular flexibility index (Phi) is 4.66. The van der Waals surface area contributed by atoms with Crippen LogP contribution in [-0.2, 0) is 9.59 Å². The highest BCUT2D eigenvalue weighted by Gasteiger charge is 2.39. The van der Waals surface area contributed by atoms with Gasteiger partial charge in [-0.1, -0.05) is 37.3 Å². The monoisotopic (exact) mass is 315 g/mol. The minimum absolute atomic E-state index is 0.0480. The Morgan fingerprint density at radius 3 is 2.65 bits per heavy atom. The molecule has 5 heteroatoms. The summed E-state index contributed by atoms with van der Waals surface area (Å²) in [6.45, 7) is 3.88. The van der Waals surface area contributed by atoms with E-state index in [0.717, 1.165) is 6.42 Å². The zero-order valence-electron chi connectivity index (χ0n) is 13.6. The van der Waals surface area contributed by atoms with Crippen LogP contribution in [0, 0.1) is 0 Å². The number of carbonyl (C=O) groups is 2. The van der Waals surface area contributed by atoms with Gasteiger partial charge in [-0.05, 0) is 18.4 Å². The van der Waals surface area contributed by atoms with Gasteiger partial charge in [0.25, 0.3) is 0 Å². The lowest BCUT2D eigenvalue weighted by molar-refractivity contribution is -0.143. The van der Waals surface area contributed by atoms with Crippen LogP contribution < -0.4 is 5.73 Å². The summed E-state index contributed by atoms with van der Waals surface area (Å²) in [6, 6.07) is 9.76. The molecule has 2 heterocycles. The highest BCUT2D eigenvalue weighted by atomic mass is 16.2. The fraction of sp³-hybridized carbons (Fsp3) is 0.556.